The van der Waals surface area contributed by atoms with Gasteiger partial charge in [0.25, 0.3) is 0 Å². The van der Waals surface area contributed by atoms with Gasteiger partial charge in [0.1, 0.15) is 41.6 Å². The highest BCUT2D eigenvalue weighted by Crippen LogP contribution is 2.30. The largest absolute Gasteiger partial charge is 0.495 e. The van der Waals surface area contributed by atoms with Crippen LogP contribution in [0, 0.1) is 17.5 Å². The van der Waals surface area contributed by atoms with Crippen LogP contribution in [0.5, 0.6) is 0 Å². The molecule has 1 aliphatic heterocycles. The van der Waals surface area contributed by atoms with Crippen LogP contribution in [0.4, 0.5) is 23.7 Å². The Labute approximate surface area is 274 Å². The zero-order chi connectivity index (χ0) is 33.2. The molecule has 1 fully saturated rings. The number of alkyl carbamates (subject to hydrolysis) is 1. The Morgan fingerprint density at radius 1 is 1.02 bits per heavy atom. The number of nitrogens with zero attached hydrogens (tertiary/aromatic N) is 2. The van der Waals surface area contributed by atoms with Crippen molar-refractivity contribution in [2.45, 2.75) is 31.3 Å². The van der Waals surface area contributed by atoms with Gasteiger partial charge in [0, 0.05) is 17.9 Å². The van der Waals surface area contributed by atoms with E-state index in [1.54, 1.807) is 48.5 Å². The fourth-order valence-electron chi connectivity index (χ4n) is 4.94. The van der Waals surface area contributed by atoms with E-state index in [2.05, 4.69) is 25.9 Å². The number of allylic oxidation sites excluding steroid dienone is 1. The van der Waals surface area contributed by atoms with Crippen molar-refractivity contribution in [3.63, 3.8) is 0 Å². The molecule has 1 atom stereocenters. The number of pyridine rings is 2. The molecule has 3 N–H and O–H groups in total. The number of aromatic nitrogens is 2. The van der Waals surface area contributed by atoms with Crippen LogP contribution in [0.25, 0.3) is 0 Å². The van der Waals surface area contributed by atoms with Crippen molar-refractivity contribution in [1.29, 1.82) is 0 Å². The Morgan fingerprint density at radius 2 is 1.72 bits per heavy atom. The van der Waals surface area contributed by atoms with E-state index in [1.165, 1.54) is 30.5 Å². The number of rotatable bonds is 11. The van der Waals surface area contributed by atoms with E-state index in [0.717, 1.165) is 6.20 Å². The molecule has 0 radical (unpaired) electrons. The Hall–Kier alpha value is -4.94. The van der Waals surface area contributed by atoms with Gasteiger partial charge in [-0.05, 0) is 60.0 Å². The van der Waals surface area contributed by atoms with E-state index in [0.29, 0.717) is 34.3 Å². The molecule has 5 rings (SSSR count). The highest BCUT2D eigenvalue weighted by atomic mass is 35.5. The van der Waals surface area contributed by atoms with Crippen LogP contribution in [0.15, 0.2) is 91.0 Å². The first kappa shape index (κ1) is 33.4. The number of halogens is 4. The standard InChI is InChI=1S/C34H31ClF3N5O4/c35-32-3-1-2-25(42-32)15-41-34(45)47-20-26-19-46-27(16-40-26)12-13-28-30(38)17-39-18-31(28)43-33(44)14-29(21-4-8-23(36)9-5-21)22-6-10-24(37)11-7-22/h1-12,17-18,26,29,40H,13-16,19-20H2,(H,41,45)(H,43,44)/b27-12+/t26-/m0/s1. The highest BCUT2D eigenvalue weighted by Gasteiger charge is 2.22. The van der Waals surface area contributed by atoms with Crippen LogP contribution in [-0.4, -0.2) is 47.8 Å². The number of carbonyl (C=O) groups is 2. The molecule has 0 aliphatic carbocycles. The fourth-order valence-corrected chi connectivity index (χ4v) is 5.12. The van der Waals surface area contributed by atoms with Gasteiger partial charge in [0.15, 0.2) is 0 Å². The molecular formula is C34H31ClF3N5O4. The zero-order valence-corrected chi connectivity index (χ0v) is 25.8. The minimum Gasteiger partial charge on any atom is -0.495 e. The third-order valence-corrected chi connectivity index (χ3v) is 7.59. The first-order valence-corrected chi connectivity index (χ1v) is 15.1. The van der Waals surface area contributed by atoms with Crippen molar-refractivity contribution < 1.29 is 32.2 Å². The summed E-state index contributed by atoms with van der Waals surface area (Å²) in [5, 5.41) is 8.90. The van der Waals surface area contributed by atoms with E-state index in [9.17, 15) is 22.8 Å². The van der Waals surface area contributed by atoms with Crippen molar-refractivity contribution in [1.82, 2.24) is 20.6 Å². The summed E-state index contributed by atoms with van der Waals surface area (Å²) < 4.78 is 53.2. The van der Waals surface area contributed by atoms with Gasteiger partial charge in [-0.1, -0.05) is 41.9 Å². The molecule has 4 aromatic rings. The topological polar surface area (TPSA) is 114 Å². The predicted molar refractivity (Wildman–Crippen MR) is 169 cm³/mol. The number of anilines is 1. The molecule has 1 aliphatic rings. The SMILES string of the molecule is O=C(CC(c1ccc(F)cc1)c1ccc(F)cc1)Nc1cncc(F)c1C/C=C1\CN[C@H](COC(=O)NCc2cccc(Cl)n2)CO1. The molecule has 2 amide bonds. The predicted octanol–water partition coefficient (Wildman–Crippen LogP) is 6.05. The van der Waals surface area contributed by atoms with Gasteiger partial charge >= 0.3 is 6.09 Å². The molecule has 244 valence electrons. The third kappa shape index (κ3) is 9.77. The monoisotopic (exact) mass is 665 g/mol. The smallest absolute Gasteiger partial charge is 0.407 e. The lowest BCUT2D eigenvalue weighted by molar-refractivity contribution is -0.116. The third-order valence-electron chi connectivity index (χ3n) is 7.38. The number of ether oxygens (including phenoxy) is 2. The Bertz CT molecular complexity index is 1670. The number of nitrogens with one attached hydrogen (secondary N) is 3. The molecule has 0 saturated carbocycles. The van der Waals surface area contributed by atoms with E-state index < -0.39 is 35.4 Å². The fraction of sp³-hybridized carbons (Fsp3) is 0.235. The lowest BCUT2D eigenvalue weighted by Gasteiger charge is -2.26. The number of hydrogen-bond donors (Lipinski definition) is 3. The van der Waals surface area contributed by atoms with Crippen LogP contribution in [0.1, 0.15) is 34.7 Å². The maximum absolute atomic E-state index is 14.9. The lowest BCUT2D eigenvalue weighted by atomic mass is 9.88. The summed E-state index contributed by atoms with van der Waals surface area (Å²) in [7, 11) is 0. The molecular weight excluding hydrogens is 635 g/mol. The average molecular weight is 666 g/mol. The molecule has 0 bridgehead atoms. The van der Waals surface area contributed by atoms with Gasteiger partial charge in [0.2, 0.25) is 5.91 Å². The molecule has 13 heteroatoms. The second-order valence-corrected chi connectivity index (χ2v) is 11.1. The van der Waals surface area contributed by atoms with Gasteiger partial charge in [-0.3, -0.25) is 9.78 Å². The highest BCUT2D eigenvalue weighted by molar-refractivity contribution is 6.29. The second-order valence-electron chi connectivity index (χ2n) is 10.7. The number of morpholine rings is 1. The van der Waals surface area contributed by atoms with Gasteiger partial charge < -0.3 is 25.4 Å². The number of carbonyl (C=O) groups excluding carboxylic acids is 2. The minimum atomic E-state index is -0.612. The van der Waals surface area contributed by atoms with Gasteiger partial charge in [-0.2, -0.15) is 0 Å². The lowest BCUT2D eigenvalue weighted by Crippen LogP contribution is -2.44. The van der Waals surface area contributed by atoms with Crippen molar-refractivity contribution in [2.24, 2.45) is 0 Å². The Kier molecular flexibility index (Phi) is 11.4. The quantitative estimate of drug-likeness (QED) is 0.167. The van der Waals surface area contributed by atoms with E-state index >= 15 is 0 Å². The molecule has 0 unspecified atom stereocenters. The zero-order valence-electron chi connectivity index (χ0n) is 25.0. The van der Waals surface area contributed by atoms with Crippen LogP contribution in [-0.2, 0) is 27.2 Å². The number of hydrogen-bond acceptors (Lipinski definition) is 7. The first-order chi connectivity index (χ1) is 22.7. The summed E-state index contributed by atoms with van der Waals surface area (Å²) in [6.07, 6.45) is 3.54. The summed E-state index contributed by atoms with van der Waals surface area (Å²) in [4.78, 5) is 33.3. The number of amides is 2. The minimum absolute atomic E-state index is 0.0636. The van der Waals surface area contributed by atoms with Crippen molar-refractivity contribution >= 4 is 29.3 Å². The van der Waals surface area contributed by atoms with Crippen LogP contribution in [0.2, 0.25) is 5.15 Å². The van der Waals surface area contributed by atoms with Crippen molar-refractivity contribution in [3.05, 3.63) is 136 Å². The summed E-state index contributed by atoms with van der Waals surface area (Å²) in [6.45, 7) is 0.755. The molecule has 0 spiro atoms. The van der Waals surface area contributed by atoms with Crippen LogP contribution in [0.3, 0.4) is 0 Å². The molecule has 3 heterocycles. The molecule has 2 aromatic carbocycles. The second kappa shape index (κ2) is 16.1. The molecule has 1 saturated heterocycles. The van der Waals surface area contributed by atoms with Gasteiger partial charge in [-0.25, -0.2) is 22.9 Å². The molecule has 47 heavy (non-hydrogen) atoms. The maximum Gasteiger partial charge on any atom is 0.407 e. The average Bonchev–Trinajstić information content (AvgIpc) is 3.06. The summed E-state index contributed by atoms with van der Waals surface area (Å²) >= 11 is 5.85. The maximum atomic E-state index is 14.9. The van der Waals surface area contributed by atoms with Crippen LogP contribution >= 0.6 is 11.6 Å². The summed E-state index contributed by atoms with van der Waals surface area (Å²) in [5.41, 5.74) is 2.32. The van der Waals surface area contributed by atoms with Crippen molar-refractivity contribution in [2.75, 3.05) is 25.1 Å². The van der Waals surface area contributed by atoms with Crippen molar-refractivity contribution in [3.8, 4) is 0 Å². The van der Waals surface area contributed by atoms with Crippen LogP contribution < -0.4 is 16.0 Å². The van der Waals surface area contributed by atoms with E-state index in [1.807, 2.05) is 0 Å². The normalized spacial score (nSPS) is 15.3. The first-order valence-electron chi connectivity index (χ1n) is 14.7. The summed E-state index contributed by atoms with van der Waals surface area (Å²) in [5.74, 6) is -1.84. The van der Waals surface area contributed by atoms with E-state index in [4.69, 9.17) is 21.1 Å². The summed E-state index contributed by atoms with van der Waals surface area (Å²) in [6, 6.07) is 16.3. The van der Waals surface area contributed by atoms with Gasteiger partial charge in [0.05, 0.1) is 42.9 Å². The Balaban J connectivity index is 1.14. The van der Waals surface area contributed by atoms with Gasteiger partial charge in [-0.15, -0.1) is 0 Å². The Morgan fingerprint density at radius 3 is 2.36 bits per heavy atom. The molecule has 9 nitrogen and oxygen atoms in total. The molecule has 2 aromatic heterocycles. The number of benzene rings is 2. The van der Waals surface area contributed by atoms with E-state index in [-0.39, 0.29) is 49.9 Å².